The van der Waals surface area contributed by atoms with E-state index in [-0.39, 0.29) is 5.56 Å². The molecular weight excluding hydrogens is 333 g/mol. The predicted octanol–water partition coefficient (Wildman–Crippen LogP) is 5.48. The van der Waals surface area contributed by atoms with Gasteiger partial charge in [0.15, 0.2) is 0 Å². The first kappa shape index (κ1) is 18.4. The lowest BCUT2D eigenvalue weighted by molar-refractivity contribution is -0.422. The van der Waals surface area contributed by atoms with Crippen LogP contribution in [-0.2, 0) is 20.3 Å². The van der Waals surface area contributed by atoms with Gasteiger partial charge in [-0.3, -0.25) is 4.74 Å². The highest BCUT2D eigenvalue weighted by Gasteiger charge is 2.74. The molecule has 3 rings (SSSR count). The van der Waals surface area contributed by atoms with Crippen LogP contribution >= 0.6 is 0 Å². The highest BCUT2D eigenvalue weighted by atomic mass is 19.4. The minimum Gasteiger partial charge on any atom is -0.297 e. The first-order chi connectivity index (χ1) is 11.4. The van der Waals surface area contributed by atoms with Gasteiger partial charge in [0, 0.05) is 11.0 Å². The molecule has 2 unspecified atom stereocenters. The molecule has 1 aliphatic heterocycles. The largest absolute Gasteiger partial charge is 0.451 e. The second-order valence-electron chi connectivity index (χ2n) is 8.11. The van der Waals surface area contributed by atoms with Crippen LogP contribution in [-0.4, -0.2) is 12.0 Å². The predicted molar refractivity (Wildman–Crippen MR) is 86.1 cm³/mol. The molecule has 1 spiro atoms. The summed E-state index contributed by atoms with van der Waals surface area (Å²) >= 11 is 0. The Kier molecular flexibility index (Phi) is 3.92. The average Bonchev–Trinajstić information content (AvgIpc) is 2.96. The van der Waals surface area contributed by atoms with Crippen molar-refractivity contribution in [3.63, 3.8) is 0 Å². The lowest BCUT2D eigenvalue weighted by Crippen LogP contribution is -2.56. The van der Waals surface area contributed by atoms with Gasteiger partial charge in [-0.2, -0.15) is 22.9 Å². The molecule has 1 heterocycles. The lowest BCUT2D eigenvalue weighted by Gasteiger charge is -2.52. The lowest BCUT2D eigenvalue weighted by atomic mass is 9.60. The second-order valence-corrected chi connectivity index (χ2v) is 8.11. The van der Waals surface area contributed by atoms with Gasteiger partial charge in [-0.05, 0) is 23.8 Å². The smallest absolute Gasteiger partial charge is 0.297 e. The Labute approximate surface area is 145 Å². The van der Waals surface area contributed by atoms with Crippen molar-refractivity contribution in [2.75, 3.05) is 0 Å². The summed E-state index contributed by atoms with van der Waals surface area (Å²) in [5.41, 5.74) is -0.872. The monoisotopic (exact) mass is 356 g/mol. The zero-order valence-corrected chi connectivity index (χ0v) is 14.9. The van der Waals surface area contributed by atoms with Gasteiger partial charge in [0.05, 0.1) is 0 Å². The van der Waals surface area contributed by atoms with Gasteiger partial charge in [0.25, 0.3) is 0 Å². The van der Waals surface area contributed by atoms with Gasteiger partial charge in [0.2, 0.25) is 5.79 Å². The van der Waals surface area contributed by atoms with E-state index in [1.165, 1.54) is 24.3 Å². The molecule has 0 amide bonds. The molecule has 138 valence electrons. The van der Waals surface area contributed by atoms with Crippen LogP contribution in [0.2, 0.25) is 0 Å². The van der Waals surface area contributed by atoms with Crippen molar-refractivity contribution in [3.8, 4) is 0 Å². The van der Waals surface area contributed by atoms with Crippen molar-refractivity contribution in [2.45, 2.75) is 58.3 Å². The summed E-state index contributed by atoms with van der Waals surface area (Å²) in [7, 11) is 0. The third kappa shape index (κ3) is 2.46. The van der Waals surface area contributed by atoms with Crippen LogP contribution in [0.25, 0.3) is 0 Å². The number of hydrogen-bond acceptors (Lipinski definition) is 3. The fraction of sp³-hybridized carbons (Fsp3) is 0.579. The van der Waals surface area contributed by atoms with E-state index in [4.69, 9.17) is 14.5 Å². The van der Waals surface area contributed by atoms with E-state index >= 15 is 0 Å². The topological polar surface area (TPSA) is 27.7 Å². The van der Waals surface area contributed by atoms with Gasteiger partial charge in [-0.1, -0.05) is 64.6 Å². The zero-order chi connectivity index (χ0) is 18.7. The summed E-state index contributed by atoms with van der Waals surface area (Å²) in [6, 6.07) is 7.28. The molecule has 0 aromatic heterocycles. The minimum absolute atomic E-state index is 0.161. The Hall–Kier alpha value is -1.37. The summed E-state index contributed by atoms with van der Waals surface area (Å²) in [5.74, 6) is -4.66. The molecule has 1 saturated carbocycles. The first-order valence-electron chi connectivity index (χ1n) is 8.27. The van der Waals surface area contributed by atoms with Gasteiger partial charge in [-0.15, -0.1) is 0 Å². The van der Waals surface area contributed by atoms with E-state index in [0.717, 1.165) is 6.42 Å². The molecular formula is C19H23F3O3. The Morgan fingerprint density at radius 3 is 2.12 bits per heavy atom. The molecule has 0 radical (unpaired) electrons. The highest BCUT2D eigenvalue weighted by molar-refractivity contribution is 5.29. The Morgan fingerprint density at radius 1 is 0.960 bits per heavy atom. The minimum atomic E-state index is -4.82. The van der Waals surface area contributed by atoms with E-state index < -0.39 is 28.6 Å². The van der Waals surface area contributed by atoms with E-state index in [9.17, 15) is 13.2 Å². The molecule has 3 nitrogen and oxygen atoms in total. The van der Waals surface area contributed by atoms with Crippen molar-refractivity contribution in [2.24, 2.45) is 10.8 Å². The normalized spacial score (nSPS) is 34.4. The Balaban J connectivity index is 2.15. The van der Waals surface area contributed by atoms with Crippen molar-refractivity contribution in [3.05, 3.63) is 48.0 Å². The van der Waals surface area contributed by atoms with Crippen LogP contribution in [0, 0.1) is 10.8 Å². The SMILES string of the molecule is C=C1C(C)(C)CCC(C)(C)C12OOC(c1ccccc1)(C(F)(F)F)O2. The van der Waals surface area contributed by atoms with Gasteiger partial charge < -0.3 is 0 Å². The molecule has 0 N–H and O–H groups in total. The van der Waals surface area contributed by atoms with Crippen LogP contribution in [0.4, 0.5) is 13.2 Å². The number of alkyl halides is 3. The fourth-order valence-electron chi connectivity index (χ4n) is 3.54. The number of benzene rings is 1. The maximum Gasteiger partial charge on any atom is 0.451 e. The molecule has 2 atom stereocenters. The van der Waals surface area contributed by atoms with Crippen molar-refractivity contribution >= 4 is 0 Å². The maximum absolute atomic E-state index is 14.1. The first-order valence-corrected chi connectivity index (χ1v) is 8.27. The van der Waals surface area contributed by atoms with E-state index in [1.54, 1.807) is 6.07 Å². The maximum atomic E-state index is 14.1. The summed E-state index contributed by atoms with van der Waals surface area (Å²) in [5, 5.41) is 0. The van der Waals surface area contributed by atoms with Crippen LogP contribution < -0.4 is 0 Å². The van der Waals surface area contributed by atoms with Gasteiger partial charge in [-0.25, -0.2) is 0 Å². The van der Waals surface area contributed by atoms with Crippen LogP contribution in [0.3, 0.4) is 0 Å². The molecule has 2 aliphatic rings. The standard InChI is InChI=1S/C19H23F3O3/c1-13-15(2,3)11-12-16(4,5)17(13)23-18(25-24-17,19(20,21)22)14-9-7-6-8-10-14/h6-10H,1,11-12H2,2-5H3. The van der Waals surface area contributed by atoms with Crippen LogP contribution in [0.5, 0.6) is 0 Å². The summed E-state index contributed by atoms with van der Waals surface area (Å²) in [6.45, 7) is 11.5. The quantitative estimate of drug-likeness (QED) is 0.493. The highest BCUT2D eigenvalue weighted by Crippen LogP contribution is 2.63. The summed E-state index contributed by atoms with van der Waals surface area (Å²) in [6.07, 6.45) is -3.43. The molecule has 1 saturated heterocycles. The Bertz CT molecular complexity index is 681. The van der Waals surface area contributed by atoms with E-state index in [1.807, 2.05) is 27.7 Å². The number of rotatable bonds is 1. The number of hydrogen-bond donors (Lipinski definition) is 0. The van der Waals surface area contributed by atoms with Crippen molar-refractivity contribution in [1.29, 1.82) is 0 Å². The Morgan fingerprint density at radius 2 is 1.56 bits per heavy atom. The molecule has 1 aliphatic carbocycles. The third-order valence-electron chi connectivity index (χ3n) is 5.57. The van der Waals surface area contributed by atoms with E-state index in [0.29, 0.717) is 12.0 Å². The van der Waals surface area contributed by atoms with Gasteiger partial charge >= 0.3 is 12.0 Å². The van der Waals surface area contributed by atoms with Crippen molar-refractivity contribution in [1.82, 2.24) is 0 Å². The van der Waals surface area contributed by atoms with E-state index in [2.05, 4.69) is 6.58 Å². The molecule has 25 heavy (non-hydrogen) atoms. The number of ether oxygens (including phenoxy) is 1. The van der Waals surface area contributed by atoms with Gasteiger partial charge in [0.1, 0.15) is 0 Å². The fourth-order valence-corrected chi connectivity index (χ4v) is 3.54. The summed E-state index contributed by atoms with van der Waals surface area (Å²) < 4.78 is 47.9. The average molecular weight is 356 g/mol. The second kappa shape index (κ2) is 5.32. The van der Waals surface area contributed by atoms with Crippen LogP contribution in [0.15, 0.2) is 42.5 Å². The zero-order valence-electron chi connectivity index (χ0n) is 14.9. The molecule has 1 aromatic rings. The third-order valence-corrected chi connectivity index (χ3v) is 5.57. The molecule has 0 bridgehead atoms. The van der Waals surface area contributed by atoms with Crippen LogP contribution in [0.1, 0.15) is 46.1 Å². The summed E-state index contributed by atoms with van der Waals surface area (Å²) in [4.78, 5) is 10.4. The number of halogens is 3. The molecule has 2 fully saturated rings. The molecule has 1 aromatic carbocycles. The van der Waals surface area contributed by atoms with Crippen molar-refractivity contribution < 1.29 is 27.7 Å². The molecule has 6 heteroatoms.